The second kappa shape index (κ2) is 7.31. The van der Waals surface area contributed by atoms with Crippen molar-refractivity contribution < 1.29 is 9.59 Å². The van der Waals surface area contributed by atoms with E-state index < -0.39 is 6.03 Å². The van der Waals surface area contributed by atoms with Gasteiger partial charge in [-0.3, -0.25) is 4.79 Å². The van der Waals surface area contributed by atoms with Gasteiger partial charge in [0.1, 0.15) is 0 Å². The average molecular weight is 304 g/mol. The van der Waals surface area contributed by atoms with E-state index in [0.717, 1.165) is 0 Å². The van der Waals surface area contributed by atoms with Crippen LogP contribution < -0.4 is 16.0 Å². The number of rotatable bonds is 4. The van der Waals surface area contributed by atoms with E-state index in [2.05, 4.69) is 16.0 Å². The van der Waals surface area contributed by atoms with E-state index in [1.165, 1.54) is 0 Å². The molecule has 21 heavy (non-hydrogen) atoms. The Morgan fingerprint density at radius 1 is 0.905 bits per heavy atom. The Kier molecular flexibility index (Phi) is 5.17. The lowest BCUT2D eigenvalue weighted by molar-refractivity contribution is -0.115. The molecule has 0 saturated carbocycles. The van der Waals surface area contributed by atoms with Crippen LogP contribution in [0.5, 0.6) is 0 Å². The molecule has 0 radical (unpaired) electrons. The number of carbonyl (C=O) groups excluding carboxylic acids is 2. The lowest BCUT2D eigenvalue weighted by Crippen LogP contribution is -2.35. The van der Waals surface area contributed by atoms with Crippen LogP contribution >= 0.6 is 11.6 Å². The van der Waals surface area contributed by atoms with Crippen molar-refractivity contribution in [2.75, 3.05) is 17.2 Å². The fourth-order valence-corrected chi connectivity index (χ4v) is 1.82. The van der Waals surface area contributed by atoms with Crippen LogP contribution in [0.4, 0.5) is 16.2 Å². The lowest BCUT2D eigenvalue weighted by atomic mass is 10.3. The van der Waals surface area contributed by atoms with E-state index in [9.17, 15) is 9.59 Å². The molecule has 0 aliphatic rings. The standard InChI is InChI=1S/C15H14ClN3O2/c16-11-5-4-8-13(9-11)18-14(20)10-17-15(21)19-12-6-2-1-3-7-12/h1-9H,10H2,(H,18,20)(H2,17,19,21). The quantitative estimate of drug-likeness (QED) is 0.812. The summed E-state index contributed by atoms with van der Waals surface area (Å²) in [6.07, 6.45) is 0. The molecular formula is C15H14ClN3O2. The predicted molar refractivity (Wildman–Crippen MR) is 83.5 cm³/mol. The van der Waals surface area contributed by atoms with E-state index in [-0.39, 0.29) is 12.5 Å². The Hall–Kier alpha value is -2.53. The summed E-state index contributed by atoms with van der Waals surface area (Å²) in [7, 11) is 0. The van der Waals surface area contributed by atoms with Crippen molar-refractivity contribution in [2.45, 2.75) is 0 Å². The second-order valence-electron chi connectivity index (χ2n) is 4.23. The Morgan fingerprint density at radius 3 is 2.33 bits per heavy atom. The van der Waals surface area contributed by atoms with E-state index in [1.807, 2.05) is 18.2 Å². The molecule has 0 saturated heterocycles. The molecule has 0 atom stereocenters. The summed E-state index contributed by atoms with van der Waals surface area (Å²) in [6, 6.07) is 15.3. The summed E-state index contributed by atoms with van der Waals surface area (Å²) < 4.78 is 0. The Labute approximate surface area is 127 Å². The molecule has 5 nitrogen and oxygen atoms in total. The normalized spacial score (nSPS) is 9.76. The van der Waals surface area contributed by atoms with Gasteiger partial charge in [0.25, 0.3) is 0 Å². The predicted octanol–water partition coefficient (Wildman–Crippen LogP) is 3.10. The zero-order valence-electron chi connectivity index (χ0n) is 11.1. The van der Waals surface area contributed by atoms with Gasteiger partial charge >= 0.3 is 6.03 Å². The van der Waals surface area contributed by atoms with Crippen LogP contribution in [0, 0.1) is 0 Å². The summed E-state index contributed by atoms with van der Waals surface area (Å²) in [5, 5.41) is 8.26. The first-order chi connectivity index (χ1) is 10.1. The fourth-order valence-electron chi connectivity index (χ4n) is 1.63. The minimum Gasteiger partial charge on any atom is -0.329 e. The van der Waals surface area contributed by atoms with E-state index in [1.54, 1.807) is 36.4 Å². The minimum atomic E-state index is -0.442. The first kappa shape index (κ1) is 14.9. The van der Waals surface area contributed by atoms with Gasteiger partial charge in [-0.2, -0.15) is 0 Å². The van der Waals surface area contributed by atoms with Crippen molar-refractivity contribution >= 4 is 34.9 Å². The summed E-state index contributed by atoms with van der Waals surface area (Å²) in [4.78, 5) is 23.3. The highest BCUT2D eigenvalue weighted by atomic mass is 35.5. The van der Waals surface area contributed by atoms with E-state index in [0.29, 0.717) is 16.4 Å². The largest absolute Gasteiger partial charge is 0.329 e. The number of benzene rings is 2. The van der Waals surface area contributed by atoms with E-state index >= 15 is 0 Å². The molecule has 2 aromatic carbocycles. The molecule has 2 aromatic rings. The zero-order valence-corrected chi connectivity index (χ0v) is 11.9. The summed E-state index contributed by atoms with van der Waals surface area (Å²) in [6.45, 7) is -0.134. The first-order valence-electron chi connectivity index (χ1n) is 6.29. The molecule has 0 aliphatic carbocycles. The third-order valence-corrected chi connectivity index (χ3v) is 2.78. The molecule has 0 heterocycles. The van der Waals surface area contributed by atoms with Crippen LogP contribution in [-0.4, -0.2) is 18.5 Å². The van der Waals surface area contributed by atoms with Gasteiger partial charge < -0.3 is 16.0 Å². The number of nitrogens with one attached hydrogen (secondary N) is 3. The number of anilines is 2. The summed E-state index contributed by atoms with van der Waals surface area (Å²) >= 11 is 5.82. The van der Waals surface area contributed by atoms with Crippen molar-refractivity contribution in [3.05, 3.63) is 59.6 Å². The monoisotopic (exact) mass is 303 g/mol. The smallest absolute Gasteiger partial charge is 0.319 e. The number of carbonyl (C=O) groups is 2. The van der Waals surface area contributed by atoms with Gasteiger partial charge in [-0.05, 0) is 30.3 Å². The molecule has 6 heteroatoms. The van der Waals surface area contributed by atoms with Gasteiger partial charge in [0, 0.05) is 16.4 Å². The zero-order chi connectivity index (χ0) is 15.1. The second-order valence-corrected chi connectivity index (χ2v) is 4.67. The molecular weight excluding hydrogens is 290 g/mol. The third kappa shape index (κ3) is 5.16. The molecule has 0 unspecified atom stereocenters. The summed E-state index contributed by atoms with van der Waals surface area (Å²) in [5.41, 5.74) is 1.24. The molecule has 0 bridgehead atoms. The average Bonchev–Trinajstić information content (AvgIpc) is 2.46. The number of urea groups is 1. The molecule has 3 N–H and O–H groups in total. The van der Waals surface area contributed by atoms with Gasteiger partial charge in [-0.1, -0.05) is 35.9 Å². The number of hydrogen-bond acceptors (Lipinski definition) is 2. The van der Waals surface area contributed by atoms with Crippen LogP contribution in [0.25, 0.3) is 0 Å². The molecule has 0 aromatic heterocycles. The van der Waals surface area contributed by atoms with Gasteiger partial charge in [0.05, 0.1) is 6.54 Å². The lowest BCUT2D eigenvalue weighted by Gasteiger charge is -2.08. The molecule has 108 valence electrons. The first-order valence-corrected chi connectivity index (χ1v) is 6.66. The third-order valence-electron chi connectivity index (χ3n) is 2.55. The summed E-state index contributed by atoms with van der Waals surface area (Å²) in [5.74, 6) is -0.333. The van der Waals surface area contributed by atoms with Gasteiger partial charge in [-0.15, -0.1) is 0 Å². The Morgan fingerprint density at radius 2 is 1.62 bits per heavy atom. The highest BCUT2D eigenvalue weighted by Gasteiger charge is 2.06. The molecule has 0 spiro atoms. The van der Waals surface area contributed by atoms with Crippen molar-refractivity contribution in [3.63, 3.8) is 0 Å². The van der Waals surface area contributed by atoms with Gasteiger partial charge in [0.2, 0.25) is 5.91 Å². The molecule has 3 amide bonds. The van der Waals surface area contributed by atoms with Crippen LogP contribution in [0.3, 0.4) is 0 Å². The van der Waals surface area contributed by atoms with Crippen molar-refractivity contribution in [2.24, 2.45) is 0 Å². The topological polar surface area (TPSA) is 70.2 Å². The number of amides is 3. The fraction of sp³-hybridized carbons (Fsp3) is 0.0667. The maximum Gasteiger partial charge on any atom is 0.319 e. The van der Waals surface area contributed by atoms with Crippen LogP contribution in [0.2, 0.25) is 5.02 Å². The highest BCUT2D eigenvalue weighted by Crippen LogP contribution is 2.14. The number of hydrogen-bond donors (Lipinski definition) is 3. The SMILES string of the molecule is O=C(CNC(=O)Nc1ccccc1)Nc1cccc(Cl)c1. The highest BCUT2D eigenvalue weighted by molar-refractivity contribution is 6.30. The van der Waals surface area contributed by atoms with Gasteiger partial charge in [0.15, 0.2) is 0 Å². The van der Waals surface area contributed by atoms with Crippen LogP contribution in [0.15, 0.2) is 54.6 Å². The maximum absolute atomic E-state index is 11.7. The molecule has 0 fully saturated rings. The van der Waals surface area contributed by atoms with Crippen LogP contribution in [-0.2, 0) is 4.79 Å². The van der Waals surface area contributed by atoms with Crippen LogP contribution in [0.1, 0.15) is 0 Å². The van der Waals surface area contributed by atoms with Crippen molar-refractivity contribution in [3.8, 4) is 0 Å². The van der Waals surface area contributed by atoms with Gasteiger partial charge in [-0.25, -0.2) is 4.79 Å². The van der Waals surface area contributed by atoms with Crippen molar-refractivity contribution in [1.29, 1.82) is 0 Å². The van der Waals surface area contributed by atoms with E-state index in [4.69, 9.17) is 11.6 Å². The number of para-hydroxylation sites is 1. The molecule has 2 rings (SSSR count). The maximum atomic E-state index is 11.7. The Bertz CT molecular complexity index is 632. The Balaban J connectivity index is 1.77. The van der Waals surface area contributed by atoms with Crippen molar-refractivity contribution in [1.82, 2.24) is 5.32 Å². The number of halogens is 1. The minimum absolute atomic E-state index is 0.134. The molecule has 0 aliphatic heterocycles.